The molecule has 1 atom stereocenters. The molecule has 0 aliphatic carbocycles. The Hall–Kier alpha value is -1.79. The third-order valence-electron chi connectivity index (χ3n) is 5.10. The molecule has 0 bridgehead atoms. The zero-order valence-electron chi connectivity index (χ0n) is 15.6. The molecule has 1 aromatic carbocycles. The molecule has 1 amide bonds. The van der Waals surface area contributed by atoms with Crippen molar-refractivity contribution in [2.75, 3.05) is 20.1 Å². The summed E-state index contributed by atoms with van der Waals surface area (Å²) in [5.74, 6) is 0.138. The highest BCUT2D eigenvalue weighted by molar-refractivity contribution is 5.85. The van der Waals surface area contributed by atoms with Gasteiger partial charge in [-0.05, 0) is 38.4 Å². The van der Waals surface area contributed by atoms with Gasteiger partial charge in [0.15, 0.2) is 0 Å². The van der Waals surface area contributed by atoms with E-state index in [1.54, 1.807) is 4.57 Å². The molecule has 1 N–H and O–H groups in total. The van der Waals surface area contributed by atoms with E-state index >= 15 is 0 Å². The van der Waals surface area contributed by atoms with Crippen LogP contribution in [-0.2, 0) is 17.9 Å². The van der Waals surface area contributed by atoms with Crippen LogP contribution in [-0.4, -0.2) is 46.1 Å². The van der Waals surface area contributed by atoms with Gasteiger partial charge in [0, 0.05) is 38.6 Å². The molecule has 1 aromatic heterocycles. The molecule has 0 radical (unpaired) electrons. The molecule has 3 rings (SSSR count). The van der Waals surface area contributed by atoms with Crippen LogP contribution in [0.5, 0.6) is 0 Å². The second-order valence-electron chi connectivity index (χ2n) is 6.79. The van der Waals surface area contributed by atoms with Gasteiger partial charge in [-0.25, -0.2) is 4.79 Å². The summed E-state index contributed by atoms with van der Waals surface area (Å²) in [5, 5.41) is 3.26. The number of likely N-dealkylation sites (N-methyl/N-ethyl adjacent to an activating group) is 1. The number of carbonyl (C=O) groups excluding carboxylic acids is 1. The Morgan fingerprint density at radius 2 is 1.85 bits per heavy atom. The van der Waals surface area contributed by atoms with E-state index in [9.17, 15) is 9.59 Å². The van der Waals surface area contributed by atoms with E-state index in [1.165, 1.54) is 0 Å². The van der Waals surface area contributed by atoms with Gasteiger partial charge in [0.05, 0.1) is 11.0 Å². The summed E-state index contributed by atoms with van der Waals surface area (Å²) in [6, 6.07) is 8.22. The predicted octanol–water partition coefficient (Wildman–Crippen LogP) is 2.24. The van der Waals surface area contributed by atoms with Crippen molar-refractivity contribution in [3.63, 3.8) is 0 Å². The Morgan fingerprint density at radius 3 is 2.46 bits per heavy atom. The zero-order chi connectivity index (χ0) is 17.8. The van der Waals surface area contributed by atoms with Crippen LogP contribution in [0.25, 0.3) is 11.0 Å². The Kier molecular flexibility index (Phi) is 7.29. The number of carbonyl (C=O) groups is 1. The van der Waals surface area contributed by atoms with Gasteiger partial charge in [-0.2, -0.15) is 0 Å². The lowest BCUT2D eigenvalue weighted by Gasteiger charge is -2.32. The number of benzene rings is 1. The fourth-order valence-electron chi connectivity index (χ4n) is 3.73. The van der Waals surface area contributed by atoms with E-state index in [4.69, 9.17) is 0 Å². The van der Waals surface area contributed by atoms with Crippen LogP contribution in [0, 0.1) is 0 Å². The molecular formula is C19H29ClN4O2. The normalized spacial score (nSPS) is 17.3. The van der Waals surface area contributed by atoms with Crippen LogP contribution >= 0.6 is 12.4 Å². The first-order valence-electron chi connectivity index (χ1n) is 9.28. The maximum Gasteiger partial charge on any atom is 0.329 e. The van der Waals surface area contributed by atoms with E-state index in [0.29, 0.717) is 25.6 Å². The topological polar surface area (TPSA) is 59.3 Å². The number of hydrogen-bond acceptors (Lipinski definition) is 3. The number of likely N-dealkylation sites (tertiary alicyclic amines) is 1. The molecule has 0 spiro atoms. The highest BCUT2D eigenvalue weighted by Crippen LogP contribution is 2.15. The number of piperidine rings is 1. The van der Waals surface area contributed by atoms with Gasteiger partial charge in [0.1, 0.15) is 0 Å². The zero-order valence-corrected chi connectivity index (χ0v) is 16.4. The average molecular weight is 381 g/mol. The molecule has 7 heteroatoms. The highest BCUT2D eigenvalue weighted by atomic mass is 35.5. The molecule has 1 saturated heterocycles. The van der Waals surface area contributed by atoms with Crippen molar-refractivity contribution in [1.82, 2.24) is 19.4 Å². The smallest absolute Gasteiger partial charge is 0.329 e. The number of imidazole rings is 1. The van der Waals surface area contributed by atoms with Crippen LogP contribution in [0.4, 0.5) is 0 Å². The Bertz CT molecular complexity index is 798. The lowest BCUT2D eigenvalue weighted by Crippen LogP contribution is -2.47. The minimum absolute atomic E-state index is 0. The molecule has 144 valence electrons. The van der Waals surface area contributed by atoms with Gasteiger partial charge in [0.2, 0.25) is 5.91 Å². The number of amides is 1. The highest BCUT2D eigenvalue weighted by Gasteiger charge is 2.23. The van der Waals surface area contributed by atoms with Crippen molar-refractivity contribution in [3.05, 3.63) is 34.7 Å². The minimum atomic E-state index is -0.0115. The lowest BCUT2D eigenvalue weighted by atomic mass is 10.1. The molecule has 6 nitrogen and oxygen atoms in total. The third kappa shape index (κ3) is 4.13. The van der Waals surface area contributed by atoms with Crippen LogP contribution < -0.4 is 11.0 Å². The molecule has 1 aliphatic heterocycles. The van der Waals surface area contributed by atoms with E-state index in [1.807, 2.05) is 40.8 Å². The van der Waals surface area contributed by atoms with Gasteiger partial charge in [-0.15, -0.1) is 12.4 Å². The van der Waals surface area contributed by atoms with Crippen LogP contribution in [0.2, 0.25) is 0 Å². The fourth-order valence-corrected chi connectivity index (χ4v) is 3.73. The van der Waals surface area contributed by atoms with E-state index < -0.39 is 0 Å². The second kappa shape index (κ2) is 9.24. The number of halogens is 1. The Labute approximate surface area is 160 Å². The van der Waals surface area contributed by atoms with Gasteiger partial charge in [-0.3, -0.25) is 13.9 Å². The Morgan fingerprint density at radius 1 is 1.19 bits per heavy atom. The van der Waals surface area contributed by atoms with Crippen molar-refractivity contribution in [3.8, 4) is 0 Å². The second-order valence-corrected chi connectivity index (χ2v) is 6.79. The largest absolute Gasteiger partial charge is 0.341 e. The van der Waals surface area contributed by atoms with E-state index in [2.05, 4.69) is 12.2 Å². The summed E-state index contributed by atoms with van der Waals surface area (Å²) >= 11 is 0. The summed E-state index contributed by atoms with van der Waals surface area (Å²) in [4.78, 5) is 27.3. The quantitative estimate of drug-likeness (QED) is 0.836. The lowest BCUT2D eigenvalue weighted by molar-refractivity contribution is -0.132. The number of aryl methyl sites for hydroxylation is 2. The maximum absolute atomic E-state index is 12.8. The first-order chi connectivity index (χ1) is 12.2. The predicted molar refractivity (Wildman–Crippen MR) is 107 cm³/mol. The molecule has 1 aliphatic rings. The van der Waals surface area contributed by atoms with Gasteiger partial charge in [0.25, 0.3) is 0 Å². The third-order valence-corrected chi connectivity index (χ3v) is 5.10. The minimum Gasteiger partial charge on any atom is -0.341 e. The molecule has 26 heavy (non-hydrogen) atoms. The van der Waals surface area contributed by atoms with Crippen LogP contribution in [0.15, 0.2) is 29.1 Å². The number of nitrogens with one attached hydrogen (secondary N) is 1. The van der Waals surface area contributed by atoms with Crippen molar-refractivity contribution in [2.45, 2.75) is 51.7 Å². The van der Waals surface area contributed by atoms with Crippen molar-refractivity contribution >= 4 is 29.3 Å². The number of hydrogen-bond donors (Lipinski definition) is 1. The summed E-state index contributed by atoms with van der Waals surface area (Å²) in [6.45, 7) is 4.80. The van der Waals surface area contributed by atoms with E-state index in [-0.39, 0.29) is 24.0 Å². The molecule has 1 unspecified atom stereocenters. The van der Waals surface area contributed by atoms with Crippen molar-refractivity contribution in [2.24, 2.45) is 0 Å². The number of nitrogens with zero attached hydrogens (tertiary/aromatic N) is 3. The van der Waals surface area contributed by atoms with Crippen molar-refractivity contribution < 1.29 is 4.79 Å². The van der Waals surface area contributed by atoms with Gasteiger partial charge in [-0.1, -0.05) is 19.1 Å². The Balaban J connectivity index is 0.00000243. The number of aromatic nitrogens is 2. The first kappa shape index (κ1) is 20.5. The summed E-state index contributed by atoms with van der Waals surface area (Å²) in [6.07, 6.45) is 3.43. The average Bonchev–Trinajstić information content (AvgIpc) is 2.92. The maximum atomic E-state index is 12.8. The van der Waals surface area contributed by atoms with Crippen molar-refractivity contribution in [1.29, 1.82) is 0 Å². The number of rotatable bonds is 6. The monoisotopic (exact) mass is 380 g/mol. The van der Waals surface area contributed by atoms with E-state index in [0.717, 1.165) is 43.4 Å². The summed E-state index contributed by atoms with van der Waals surface area (Å²) < 4.78 is 3.57. The van der Waals surface area contributed by atoms with Crippen LogP contribution in [0.1, 0.15) is 32.6 Å². The molecule has 0 saturated carbocycles. The fraction of sp³-hybridized carbons (Fsp3) is 0.579. The molecule has 2 heterocycles. The summed E-state index contributed by atoms with van der Waals surface area (Å²) in [7, 11) is 1.95. The molecule has 2 aromatic rings. The number of para-hydroxylation sites is 2. The van der Waals surface area contributed by atoms with Gasteiger partial charge >= 0.3 is 5.69 Å². The standard InChI is InChI=1S/C19H28N4O2.ClH/c1-3-11-22-16-8-4-5-9-17(16)23(19(22)25)13-10-18(24)21-12-6-7-15(14-21)20-2;/h4-5,8-9,15,20H,3,6-7,10-14H2,1-2H3;1H. The first-order valence-corrected chi connectivity index (χ1v) is 9.28. The SMILES string of the molecule is CCCn1c(=O)n(CCC(=O)N2CCCC(NC)C2)c2ccccc21.Cl. The van der Waals surface area contributed by atoms with Gasteiger partial charge < -0.3 is 10.2 Å². The number of fused-ring (bicyclic) bond motifs is 1. The summed E-state index contributed by atoms with van der Waals surface area (Å²) in [5.41, 5.74) is 1.86. The molecular weight excluding hydrogens is 352 g/mol. The van der Waals surface area contributed by atoms with Crippen LogP contribution in [0.3, 0.4) is 0 Å². The molecule has 1 fully saturated rings.